The Morgan fingerprint density at radius 2 is 1.81 bits per heavy atom. The summed E-state index contributed by atoms with van der Waals surface area (Å²) in [6.07, 6.45) is 3.23. The van der Waals surface area contributed by atoms with Gasteiger partial charge in [-0.3, -0.25) is 0 Å². The second kappa shape index (κ2) is 6.17. The van der Waals surface area contributed by atoms with Crippen molar-refractivity contribution in [3.8, 4) is 16.9 Å². The molecule has 2 aromatic carbocycles. The van der Waals surface area contributed by atoms with Gasteiger partial charge in [0.15, 0.2) is 0 Å². The maximum absolute atomic E-state index is 11.5. The number of carboxylic acid groups (broad SMARTS) is 1. The van der Waals surface area contributed by atoms with E-state index in [1.165, 1.54) is 17.7 Å². The minimum atomic E-state index is -0.894. The lowest BCUT2D eigenvalue weighted by Crippen LogP contribution is -2.23. The molecule has 3 heteroatoms. The highest BCUT2D eigenvalue weighted by molar-refractivity contribution is 5.88. The lowest BCUT2D eigenvalue weighted by atomic mass is 9.77. The molecule has 1 aromatic heterocycles. The third-order valence-electron chi connectivity index (χ3n) is 5.33. The molecule has 26 heavy (non-hydrogen) atoms. The molecular weight excluding hydrogens is 322 g/mol. The molecule has 0 bridgehead atoms. The van der Waals surface area contributed by atoms with Gasteiger partial charge in [0.05, 0.1) is 11.3 Å². The first-order valence-electron chi connectivity index (χ1n) is 9.07. The van der Waals surface area contributed by atoms with Crippen molar-refractivity contribution in [2.75, 3.05) is 0 Å². The lowest BCUT2D eigenvalue weighted by Gasteiger charge is -2.31. The molecule has 0 unspecified atom stereocenters. The molecular formula is C23H23NO2. The maximum Gasteiger partial charge on any atom is 0.335 e. The number of benzene rings is 2. The summed E-state index contributed by atoms with van der Waals surface area (Å²) in [4.78, 5) is 11.5. The average Bonchev–Trinajstić information content (AvgIpc) is 3.00. The fraction of sp³-hybridized carbons (Fsp3) is 0.261. The topological polar surface area (TPSA) is 42.2 Å². The highest BCUT2D eigenvalue weighted by atomic mass is 16.4. The highest BCUT2D eigenvalue weighted by Crippen LogP contribution is 2.40. The third kappa shape index (κ3) is 2.94. The number of hydrogen-bond acceptors (Lipinski definition) is 1. The molecule has 0 fully saturated rings. The molecule has 1 N–H and O–H groups in total. The van der Waals surface area contributed by atoms with Crippen molar-refractivity contribution in [2.45, 2.75) is 33.1 Å². The van der Waals surface area contributed by atoms with Crippen molar-refractivity contribution < 1.29 is 9.90 Å². The van der Waals surface area contributed by atoms with Crippen molar-refractivity contribution in [3.05, 3.63) is 77.5 Å². The summed E-state index contributed by atoms with van der Waals surface area (Å²) in [5, 5.41) is 9.41. The molecule has 132 valence electrons. The van der Waals surface area contributed by atoms with Crippen molar-refractivity contribution >= 4 is 5.97 Å². The molecule has 3 aromatic rings. The Morgan fingerprint density at radius 1 is 1.04 bits per heavy atom. The predicted octanol–water partition coefficient (Wildman–Crippen LogP) is 5.36. The van der Waals surface area contributed by atoms with Gasteiger partial charge in [0.25, 0.3) is 0 Å². The Labute approximate surface area is 153 Å². The van der Waals surface area contributed by atoms with Gasteiger partial charge in [-0.25, -0.2) is 4.79 Å². The first-order valence-corrected chi connectivity index (χ1v) is 9.07. The van der Waals surface area contributed by atoms with E-state index in [4.69, 9.17) is 0 Å². The van der Waals surface area contributed by atoms with Gasteiger partial charge in [-0.2, -0.15) is 0 Å². The number of aryl methyl sites for hydroxylation is 1. The Bertz CT molecular complexity index is 967. The van der Waals surface area contributed by atoms with Crippen LogP contribution in [0.5, 0.6) is 0 Å². The molecule has 0 spiro atoms. The second-order valence-corrected chi connectivity index (χ2v) is 7.90. The fourth-order valence-electron chi connectivity index (χ4n) is 3.92. The second-order valence-electron chi connectivity index (χ2n) is 7.90. The van der Waals surface area contributed by atoms with E-state index < -0.39 is 5.97 Å². The Hall–Kier alpha value is -2.81. The minimum Gasteiger partial charge on any atom is -0.478 e. The van der Waals surface area contributed by atoms with Crippen molar-refractivity contribution in [1.29, 1.82) is 0 Å². The van der Waals surface area contributed by atoms with Crippen molar-refractivity contribution in [2.24, 2.45) is 5.41 Å². The number of rotatable bonds is 3. The zero-order valence-electron chi connectivity index (χ0n) is 15.2. The van der Waals surface area contributed by atoms with E-state index in [2.05, 4.69) is 36.6 Å². The van der Waals surface area contributed by atoms with Gasteiger partial charge < -0.3 is 9.67 Å². The van der Waals surface area contributed by atoms with Gasteiger partial charge in [-0.1, -0.05) is 50.2 Å². The molecule has 0 saturated carbocycles. The molecule has 0 atom stereocenters. The summed E-state index contributed by atoms with van der Waals surface area (Å²) in [5.41, 5.74) is 6.46. The van der Waals surface area contributed by atoms with Crippen LogP contribution in [0.4, 0.5) is 0 Å². The molecule has 1 aliphatic carbocycles. The van der Waals surface area contributed by atoms with Crippen LogP contribution < -0.4 is 0 Å². The first-order chi connectivity index (χ1) is 12.4. The first kappa shape index (κ1) is 16.6. The largest absolute Gasteiger partial charge is 0.478 e. The Kier molecular flexibility index (Phi) is 3.95. The average molecular weight is 345 g/mol. The van der Waals surface area contributed by atoms with Gasteiger partial charge in [-0.15, -0.1) is 0 Å². The number of fused-ring (bicyclic) bond motifs is 1. The Morgan fingerprint density at radius 3 is 2.54 bits per heavy atom. The van der Waals surface area contributed by atoms with Gasteiger partial charge in [0.2, 0.25) is 0 Å². The SMILES string of the molecule is CC1(C)CCc2cc(-c3ccccc3)n(-c3cccc(C(=O)O)c3)c2C1. The monoisotopic (exact) mass is 345 g/mol. The third-order valence-corrected chi connectivity index (χ3v) is 5.33. The van der Waals surface area contributed by atoms with E-state index in [1.54, 1.807) is 12.1 Å². The van der Waals surface area contributed by atoms with Crippen LogP contribution in [0.2, 0.25) is 0 Å². The molecule has 1 heterocycles. The van der Waals surface area contributed by atoms with E-state index in [0.29, 0.717) is 5.56 Å². The summed E-state index contributed by atoms with van der Waals surface area (Å²) >= 11 is 0. The van der Waals surface area contributed by atoms with Crippen LogP contribution >= 0.6 is 0 Å². The highest BCUT2D eigenvalue weighted by Gasteiger charge is 2.30. The summed E-state index contributed by atoms with van der Waals surface area (Å²) in [7, 11) is 0. The number of hydrogen-bond donors (Lipinski definition) is 1. The van der Waals surface area contributed by atoms with E-state index >= 15 is 0 Å². The molecule has 1 aliphatic rings. The zero-order chi connectivity index (χ0) is 18.3. The van der Waals surface area contributed by atoms with Crippen LogP contribution in [-0.4, -0.2) is 15.6 Å². The van der Waals surface area contributed by atoms with E-state index in [0.717, 1.165) is 29.8 Å². The molecule has 0 amide bonds. The number of carbonyl (C=O) groups is 1. The Balaban J connectivity index is 1.96. The van der Waals surface area contributed by atoms with E-state index in [-0.39, 0.29) is 5.41 Å². The smallest absolute Gasteiger partial charge is 0.335 e. The maximum atomic E-state index is 11.5. The van der Waals surface area contributed by atoms with Crippen LogP contribution in [0.15, 0.2) is 60.7 Å². The summed E-state index contributed by atoms with van der Waals surface area (Å²) in [5.74, 6) is -0.894. The fourth-order valence-corrected chi connectivity index (χ4v) is 3.92. The van der Waals surface area contributed by atoms with Crippen LogP contribution in [-0.2, 0) is 12.8 Å². The number of aromatic carboxylic acids is 1. The molecule has 0 saturated heterocycles. The molecule has 3 nitrogen and oxygen atoms in total. The normalized spacial score (nSPS) is 15.5. The van der Waals surface area contributed by atoms with Gasteiger partial charge >= 0.3 is 5.97 Å². The number of carboxylic acids is 1. The van der Waals surface area contributed by atoms with Crippen LogP contribution in [0.1, 0.15) is 41.9 Å². The predicted molar refractivity (Wildman–Crippen MR) is 104 cm³/mol. The lowest BCUT2D eigenvalue weighted by molar-refractivity contribution is 0.0697. The standard InChI is InChI=1S/C23H23NO2/c1-23(2)12-11-17-14-20(16-7-4-3-5-8-16)24(21(17)15-23)19-10-6-9-18(13-19)22(25)26/h3-10,13-14H,11-12,15H2,1-2H3,(H,25,26). The summed E-state index contributed by atoms with van der Waals surface area (Å²) < 4.78 is 2.26. The van der Waals surface area contributed by atoms with Crippen molar-refractivity contribution in [1.82, 2.24) is 4.57 Å². The summed E-state index contributed by atoms with van der Waals surface area (Å²) in [6.45, 7) is 4.62. The molecule has 0 aliphatic heterocycles. The number of aromatic nitrogens is 1. The number of nitrogens with zero attached hydrogens (tertiary/aromatic N) is 1. The van der Waals surface area contributed by atoms with Crippen molar-refractivity contribution in [3.63, 3.8) is 0 Å². The van der Waals surface area contributed by atoms with Crippen LogP contribution in [0.25, 0.3) is 16.9 Å². The minimum absolute atomic E-state index is 0.251. The van der Waals surface area contributed by atoms with Gasteiger partial charge in [-0.05, 0) is 60.1 Å². The summed E-state index contributed by atoms with van der Waals surface area (Å²) in [6, 6.07) is 19.9. The molecule has 0 radical (unpaired) electrons. The van der Waals surface area contributed by atoms with Gasteiger partial charge in [0, 0.05) is 11.4 Å². The van der Waals surface area contributed by atoms with Crippen LogP contribution in [0, 0.1) is 5.41 Å². The van der Waals surface area contributed by atoms with Crippen LogP contribution in [0.3, 0.4) is 0 Å². The van der Waals surface area contributed by atoms with Gasteiger partial charge in [0.1, 0.15) is 0 Å². The van der Waals surface area contributed by atoms with E-state index in [1.807, 2.05) is 30.3 Å². The molecule has 4 rings (SSSR count). The van der Waals surface area contributed by atoms with E-state index in [9.17, 15) is 9.90 Å². The quantitative estimate of drug-likeness (QED) is 0.694. The zero-order valence-corrected chi connectivity index (χ0v) is 15.2.